The van der Waals surface area contributed by atoms with E-state index in [1.54, 1.807) is 30.1 Å². The lowest BCUT2D eigenvalue weighted by molar-refractivity contribution is -0.118. The summed E-state index contributed by atoms with van der Waals surface area (Å²) in [6.07, 6.45) is 1.64. The number of anilines is 1. The summed E-state index contributed by atoms with van der Waals surface area (Å²) in [6.45, 7) is -0.179. The molecule has 29 heavy (non-hydrogen) atoms. The van der Waals surface area contributed by atoms with Crippen LogP contribution in [0.5, 0.6) is 0 Å². The van der Waals surface area contributed by atoms with Crippen LogP contribution in [-0.4, -0.2) is 40.0 Å². The quantitative estimate of drug-likeness (QED) is 0.536. The van der Waals surface area contributed by atoms with Gasteiger partial charge in [-0.25, -0.2) is 14.4 Å². The zero-order chi connectivity index (χ0) is 20.9. The van der Waals surface area contributed by atoms with Crippen molar-refractivity contribution >= 4 is 41.8 Å². The number of carbonyl (C=O) groups excluding carboxylic acids is 1. The number of benzene rings is 1. The minimum atomic E-state index is -0.588. The molecule has 0 saturated heterocycles. The molecule has 0 aliphatic rings. The van der Waals surface area contributed by atoms with Crippen molar-refractivity contribution in [3.8, 4) is 17.3 Å². The molecule has 4 rings (SSSR count). The molecule has 0 bridgehead atoms. The largest absolute Gasteiger partial charge is 0.411 e. The van der Waals surface area contributed by atoms with Gasteiger partial charge in [0.15, 0.2) is 0 Å². The van der Waals surface area contributed by atoms with Gasteiger partial charge < -0.3 is 19.7 Å². The van der Waals surface area contributed by atoms with E-state index in [1.165, 1.54) is 10.9 Å². The lowest BCUT2D eigenvalue weighted by Crippen LogP contribution is -2.20. The highest BCUT2D eigenvalue weighted by molar-refractivity contribution is 6.21. The molecule has 142 valence electrons. The summed E-state index contributed by atoms with van der Waals surface area (Å²) in [6, 6.07) is 7.70. The van der Waals surface area contributed by atoms with E-state index in [0.29, 0.717) is 33.6 Å². The van der Waals surface area contributed by atoms with Crippen molar-refractivity contribution in [2.75, 3.05) is 11.9 Å². The SMILES string of the molecule is [B]N(C)c1nc2c(cc(-c3cc(F)cc(C#N)c3)n2CC(N)=O)c2c1ncn2C. The van der Waals surface area contributed by atoms with Crippen molar-refractivity contribution in [3.63, 3.8) is 0 Å². The highest BCUT2D eigenvalue weighted by Gasteiger charge is 2.21. The Morgan fingerprint density at radius 1 is 1.38 bits per heavy atom. The number of amides is 1. The molecule has 0 saturated carbocycles. The van der Waals surface area contributed by atoms with Gasteiger partial charge in [-0.2, -0.15) is 5.26 Å². The number of imidazole rings is 1. The van der Waals surface area contributed by atoms with E-state index in [-0.39, 0.29) is 12.1 Å². The second-order valence-electron chi connectivity index (χ2n) is 6.76. The Kier molecular flexibility index (Phi) is 4.23. The van der Waals surface area contributed by atoms with Gasteiger partial charge in [-0.15, -0.1) is 0 Å². The molecule has 0 spiro atoms. The van der Waals surface area contributed by atoms with E-state index in [2.05, 4.69) is 9.97 Å². The van der Waals surface area contributed by atoms with Crippen molar-refractivity contribution in [2.24, 2.45) is 12.8 Å². The minimum absolute atomic E-state index is 0.164. The Labute approximate surface area is 166 Å². The second-order valence-corrected chi connectivity index (χ2v) is 6.76. The Morgan fingerprint density at radius 2 is 2.14 bits per heavy atom. The van der Waals surface area contributed by atoms with Crippen LogP contribution < -0.4 is 10.5 Å². The number of primary amides is 1. The number of aromatic nitrogens is 4. The maximum atomic E-state index is 14.1. The first-order valence-corrected chi connectivity index (χ1v) is 8.62. The molecular formula is C19H15BFN7O. The van der Waals surface area contributed by atoms with Crippen molar-refractivity contribution in [3.05, 3.63) is 42.0 Å². The lowest BCUT2D eigenvalue weighted by atomic mass is 10.1. The molecule has 3 heterocycles. The summed E-state index contributed by atoms with van der Waals surface area (Å²) in [5.74, 6) is -0.730. The highest BCUT2D eigenvalue weighted by atomic mass is 19.1. The molecule has 10 heteroatoms. The molecule has 0 aliphatic heterocycles. The van der Waals surface area contributed by atoms with E-state index < -0.39 is 11.7 Å². The molecule has 3 aromatic heterocycles. The number of rotatable bonds is 4. The third-order valence-corrected chi connectivity index (χ3v) is 4.65. The van der Waals surface area contributed by atoms with Gasteiger partial charge in [0, 0.05) is 18.0 Å². The number of nitrogens with two attached hydrogens (primary N) is 1. The minimum Gasteiger partial charge on any atom is -0.411 e. The maximum Gasteiger partial charge on any atom is 0.237 e. The van der Waals surface area contributed by atoms with Gasteiger partial charge in [-0.05, 0) is 31.3 Å². The number of fused-ring (bicyclic) bond motifs is 3. The smallest absolute Gasteiger partial charge is 0.237 e. The fourth-order valence-electron chi connectivity index (χ4n) is 3.50. The van der Waals surface area contributed by atoms with Crippen LogP contribution >= 0.6 is 0 Å². The summed E-state index contributed by atoms with van der Waals surface area (Å²) < 4.78 is 17.5. The van der Waals surface area contributed by atoms with E-state index >= 15 is 0 Å². The Morgan fingerprint density at radius 3 is 2.79 bits per heavy atom. The van der Waals surface area contributed by atoms with Crippen LogP contribution in [0.1, 0.15) is 5.56 Å². The Balaban J connectivity index is 2.14. The number of aryl methyl sites for hydroxylation is 1. The number of carbonyl (C=O) groups is 1. The zero-order valence-electron chi connectivity index (χ0n) is 15.7. The Hall–Kier alpha value is -3.87. The molecule has 0 unspecified atom stereocenters. The van der Waals surface area contributed by atoms with Crippen molar-refractivity contribution in [2.45, 2.75) is 6.54 Å². The van der Waals surface area contributed by atoms with Gasteiger partial charge in [0.1, 0.15) is 29.3 Å². The van der Waals surface area contributed by atoms with E-state index in [4.69, 9.17) is 13.7 Å². The fourth-order valence-corrected chi connectivity index (χ4v) is 3.50. The average molecular weight is 387 g/mol. The molecule has 2 N–H and O–H groups in total. The van der Waals surface area contributed by atoms with Crippen LogP contribution in [0.15, 0.2) is 30.6 Å². The number of nitrogens with zero attached hydrogens (tertiary/aromatic N) is 6. The third kappa shape index (κ3) is 2.97. The van der Waals surface area contributed by atoms with Crippen LogP contribution in [-0.2, 0) is 18.4 Å². The zero-order valence-corrected chi connectivity index (χ0v) is 15.7. The predicted molar refractivity (Wildman–Crippen MR) is 107 cm³/mol. The topological polar surface area (TPSA) is 106 Å². The van der Waals surface area contributed by atoms with Crippen LogP contribution in [0.3, 0.4) is 0 Å². The van der Waals surface area contributed by atoms with Crippen LogP contribution in [0.4, 0.5) is 10.2 Å². The molecule has 1 aromatic carbocycles. The maximum absolute atomic E-state index is 14.1. The number of pyridine rings is 1. The van der Waals surface area contributed by atoms with Gasteiger partial charge in [0.25, 0.3) is 0 Å². The number of nitriles is 1. The molecule has 8 nitrogen and oxygen atoms in total. The predicted octanol–water partition coefficient (Wildman–Crippen LogP) is 1.61. The van der Waals surface area contributed by atoms with Gasteiger partial charge in [-0.3, -0.25) is 4.79 Å². The van der Waals surface area contributed by atoms with Crippen molar-refractivity contribution in [1.29, 1.82) is 5.26 Å². The average Bonchev–Trinajstić information content (AvgIpc) is 3.21. The first-order chi connectivity index (χ1) is 13.8. The number of hydrogen-bond donors (Lipinski definition) is 1. The summed E-state index contributed by atoms with van der Waals surface area (Å²) in [4.78, 5) is 22.1. The summed E-state index contributed by atoms with van der Waals surface area (Å²) in [5.41, 5.74) is 8.35. The van der Waals surface area contributed by atoms with E-state index in [0.717, 1.165) is 11.6 Å². The van der Waals surface area contributed by atoms with E-state index in [9.17, 15) is 14.4 Å². The van der Waals surface area contributed by atoms with E-state index in [1.807, 2.05) is 17.7 Å². The molecule has 0 aliphatic carbocycles. The summed E-state index contributed by atoms with van der Waals surface area (Å²) in [5, 5.41) is 9.89. The molecule has 4 aromatic rings. The van der Waals surface area contributed by atoms with Crippen molar-refractivity contribution < 1.29 is 9.18 Å². The fraction of sp³-hybridized carbons (Fsp3) is 0.158. The summed E-state index contributed by atoms with van der Waals surface area (Å²) in [7, 11) is 9.41. The first kappa shape index (κ1) is 18.5. The standard InChI is InChI=1S/C19H15BFN7O/c1-26-9-24-16-17(26)13-6-14(11-3-10(7-22)4-12(21)5-11)28(8-15(23)29)18(13)25-19(16)27(2)20/h3-6,9H,8H2,1-2H3,(H2,23,29). The molecule has 2 radical (unpaired) electrons. The molecule has 1 amide bonds. The van der Waals surface area contributed by atoms with Gasteiger partial charge in [0.2, 0.25) is 13.9 Å². The molecule has 0 fully saturated rings. The molecular weight excluding hydrogens is 372 g/mol. The normalized spacial score (nSPS) is 11.1. The van der Waals surface area contributed by atoms with Crippen LogP contribution in [0, 0.1) is 17.1 Å². The number of halogens is 1. The van der Waals surface area contributed by atoms with Gasteiger partial charge in [0.05, 0.1) is 29.2 Å². The Bertz CT molecular complexity index is 1330. The highest BCUT2D eigenvalue weighted by Crippen LogP contribution is 2.35. The first-order valence-electron chi connectivity index (χ1n) is 8.62. The third-order valence-electron chi connectivity index (χ3n) is 4.65. The van der Waals surface area contributed by atoms with Gasteiger partial charge in [-0.1, -0.05) is 0 Å². The van der Waals surface area contributed by atoms with Gasteiger partial charge >= 0.3 is 0 Å². The molecule has 0 atom stereocenters. The second kappa shape index (κ2) is 6.63. The van der Waals surface area contributed by atoms with Crippen LogP contribution in [0.25, 0.3) is 33.3 Å². The van der Waals surface area contributed by atoms with Crippen molar-refractivity contribution in [1.82, 2.24) is 19.1 Å². The van der Waals surface area contributed by atoms with Crippen LogP contribution in [0.2, 0.25) is 0 Å². The monoisotopic (exact) mass is 387 g/mol. The number of hydrogen-bond acceptors (Lipinski definition) is 5. The summed E-state index contributed by atoms with van der Waals surface area (Å²) >= 11 is 0. The lowest BCUT2D eigenvalue weighted by Gasteiger charge is -2.14.